The molecule has 3 rings (SSSR count). The predicted octanol–water partition coefficient (Wildman–Crippen LogP) is 3.05. The van der Waals surface area contributed by atoms with Gasteiger partial charge < -0.3 is 0 Å². The summed E-state index contributed by atoms with van der Waals surface area (Å²) in [5.41, 5.74) is 6.68. The minimum Gasteiger partial charge on any atom is -0.251 e. The second kappa shape index (κ2) is 5.19. The number of hydrazine groups is 1. The molecule has 1 aliphatic carbocycles. The summed E-state index contributed by atoms with van der Waals surface area (Å²) in [7, 11) is 0. The first-order chi connectivity index (χ1) is 8.43. The third-order valence-electron chi connectivity index (χ3n) is 3.92. The number of nitrogens with zero attached hydrogens (tertiary/aromatic N) is 1. The zero-order chi connectivity index (χ0) is 11.5. The second-order valence-corrected chi connectivity index (χ2v) is 5.36. The number of benzene rings is 1. The highest BCUT2D eigenvalue weighted by atomic mass is 15.5. The normalized spacial score (nSPS) is 21.6. The van der Waals surface area contributed by atoms with Gasteiger partial charge in [0.25, 0.3) is 0 Å². The molecule has 1 aliphatic heterocycles. The quantitative estimate of drug-likeness (QED) is 0.855. The minimum absolute atomic E-state index is 0.856. The van der Waals surface area contributed by atoms with Crippen LogP contribution < -0.4 is 5.43 Å². The van der Waals surface area contributed by atoms with Gasteiger partial charge in [0.05, 0.1) is 0 Å². The molecule has 0 spiro atoms. The van der Waals surface area contributed by atoms with E-state index in [1.807, 2.05) is 0 Å². The van der Waals surface area contributed by atoms with E-state index >= 15 is 0 Å². The summed E-state index contributed by atoms with van der Waals surface area (Å²) in [5.74, 6) is 0.856. The Morgan fingerprint density at radius 1 is 1.06 bits per heavy atom. The van der Waals surface area contributed by atoms with Gasteiger partial charge in [-0.25, -0.2) is 5.01 Å². The summed E-state index contributed by atoms with van der Waals surface area (Å²) >= 11 is 0. The van der Waals surface area contributed by atoms with E-state index in [-0.39, 0.29) is 0 Å². The van der Waals surface area contributed by atoms with E-state index < -0.39 is 0 Å². The van der Waals surface area contributed by atoms with Crippen LogP contribution in [0.5, 0.6) is 0 Å². The molecule has 92 valence electrons. The van der Waals surface area contributed by atoms with Gasteiger partial charge in [-0.05, 0) is 42.7 Å². The lowest BCUT2D eigenvalue weighted by Gasteiger charge is -2.27. The fourth-order valence-corrected chi connectivity index (χ4v) is 2.74. The second-order valence-electron chi connectivity index (χ2n) is 5.36. The molecule has 0 amide bonds. The molecule has 2 fully saturated rings. The summed E-state index contributed by atoms with van der Waals surface area (Å²) in [5, 5.41) is 2.40. The Labute approximate surface area is 104 Å². The summed E-state index contributed by atoms with van der Waals surface area (Å²) in [6, 6.07) is 8.94. The van der Waals surface area contributed by atoms with Crippen LogP contribution in [-0.4, -0.2) is 18.1 Å². The van der Waals surface area contributed by atoms with Crippen molar-refractivity contribution in [3.63, 3.8) is 0 Å². The Morgan fingerprint density at radius 2 is 1.82 bits per heavy atom. The van der Waals surface area contributed by atoms with Crippen LogP contribution >= 0.6 is 0 Å². The molecule has 0 aromatic heterocycles. The highest BCUT2D eigenvalue weighted by Crippen LogP contribution is 2.41. The molecular formula is C15H22N2. The smallest absolute Gasteiger partial charge is 0.0356 e. The number of nitrogens with one attached hydrogen (secondary N) is 1. The summed E-state index contributed by atoms with van der Waals surface area (Å²) < 4.78 is 0. The Balaban J connectivity index is 1.60. The first-order valence-corrected chi connectivity index (χ1v) is 7.00. The van der Waals surface area contributed by atoms with Crippen LogP contribution in [-0.2, 0) is 6.54 Å². The van der Waals surface area contributed by atoms with Crippen LogP contribution in [0, 0.1) is 0 Å². The molecule has 1 saturated heterocycles. The van der Waals surface area contributed by atoms with Crippen LogP contribution in [0.15, 0.2) is 24.3 Å². The van der Waals surface area contributed by atoms with Gasteiger partial charge in [0, 0.05) is 19.6 Å². The fourth-order valence-electron chi connectivity index (χ4n) is 2.74. The molecule has 1 heterocycles. The zero-order valence-electron chi connectivity index (χ0n) is 10.5. The average Bonchev–Trinajstić information content (AvgIpc) is 3.22. The fraction of sp³-hybridized carbons (Fsp3) is 0.600. The Bertz CT molecular complexity index is 365. The molecule has 2 heteroatoms. The summed E-state index contributed by atoms with van der Waals surface area (Å²) in [4.78, 5) is 0. The largest absolute Gasteiger partial charge is 0.251 e. The SMILES string of the molecule is c1ccc(C2CC2)c(CNN2CCCCC2)c1. The van der Waals surface area contributed by atoms with Crippen LogP contribution in [0.1, 0.15) is 49.1 Å². The molecule has 0 unspecified atom stereocenters. The van der Waals surface area contributed by atoms with Gasteiger partial charge in [-0.2, -0.15) is 0 Å². The predicted molar refractivity (Wildman–Crippen MR) is 70.7 cm³/mol. The maximum absolute atomic E-state index is 3.59. The lowest BCUT2D eigenvalue weighted by atomic mass is 10.0. The maximum atomic E-state index is 3.59. The molecule has 0 bridgehead atoms. The van der Waals surface area contributed by atoms with E-state index in [2.05, 4.69) is 34.7 Å². The van der Waals surface area contributed by atoms with Crippen molar-refractivity contribution in [2.75, 3.05) is 13.1 Å². The van der Waals surface area contributed by atoms with Crippen molar-refractivity contribution in [3.05, 3.63) is 35.4 Å². The van der Waals surface area contributed by atoms with E-state index in [0.717, 1.165) is 12.5 Å². The lowest BCUT2D eigenvalue weighted by Crippen LogP contribution is -2.41. The Kier molecular flexibility index (Phi) is 3.44. The molecule has 2 aliphatic rings. The highest BCUT2D eigenvalue weighted by Gasteiger charge is 2.25. The van der Waals surface area contributed by atoms with E-state index in [9.17, 15) is 0 Å². The van der Waals surface area contributed by atoms with Crippen LogP contribution in [0.25, 0.3) is 0 Å². The van der Waals surface area contributed by atoms with E-state index in [1.54, 1.807) is 5.56 Å². The Hall–Kier alpha value is -0.860. The number of rotatable bonds is 4. The van der Waals surface area contributed by atoms with Gasteiger partial charge >= 0.3 is 0 Å². The number of hydrogen-bond donors (Lipinski definition) is 1. The van der Waals surface area contributed by atoms with Crippen LogP contribution in [0.2, 0.25) is 0 Å². The van der Waals surface area contributed by atoms with Gasteiger partial charge in [0.1, 0.15) is 0 Å². The number of hydrogen-bond acceptors (Lipinski definition) is 2. The van der Waals surface area contributed by atoms with Crippen molar-refractivity contribution in [3.8, 4) is 0 Å². The zero-order valence-corrected chi connectivity index (χ0v) is 10.5. The van der Waals surface area contributed by atoms with E-state index in [0.29, 0.717) is 0 Å². The molecule has 1 aromatic rings. The monoisotopic (exact) mass is 230 g/mol. The number of piperidine rings is 1. The Morgan fingerprint density at radius 3 is 2.59 bits per heavy atom. The van der Waals surface area contributed by atoms with Gasteiger partial charge in [-0.15, -0.1) is 0 Å². The molecule has 0 radical (unpaired) electrons. The van der Waals surface area contributed by atoms with Crippen molar-refractivity contribution in [2.45, 2.75) is 44.6 Å². The molecule has 1 aromatic carbocycles. The molecule has 1 saturated carbocycles. The summed E-state index contributed by atoms with van der Waals surface area (Å²) in [6.07, 6.45) is 6.87. The molecule has 2 nitrogen and oxygen atoms in total. The van der Waals surface area contributed by atoms with Crippen molar-refractivity contribution in [1.82, 2.24) is 10.4 Å². The summed E-state index contributed by atoms with van der Waals surface area (Å²) in [6.45, 7) is 3.43. The maximum Gasteiger partial charge on any atom is 0.0356 e. The van der Waals surface area contributed by atoms with E-state index in [4.69, 9.17) is 0 Å². The first kappa shape index (κ1) is 11.2. The van der Waals surface area contributed by atoms with Gasteiger partial charge in [0.2, 0.25) is 0 Å². The van der Waals surface area contributed by atoms with Crippen LogP contribution in [0.3, 0.4) is 0 Å². The molecule has 0 atom stereocenters. The molecule has 17 heavy (non-hydrogen) atoms. The molecule has 1 N–H and O–H groups in total. The van der Waals surface area contributed by atoms with E-state index in [1.165, 1.54) is 50.8 Å². The highest BCUT2D eigenvalue weighted by molar-refractivity contribution is 5.33. The topological polar surface area (TPSA) is 15.3 Å². The third-order valence-corrected chi connectivity index (χ3v) is 3.92. The van der Waals surface area contributed by atoms with Gasteiger partial charge in [-0.1, -0.05) is 30.7 Å². The van der Waals surface area contributed by atoms with Crippen molar-refractivity contribution in [1.29, 1.82) is 0 Å². The van der Waals surface area contributed by atoms with Crippen molar-refractivity contribution < 1.29 is 0 Å². The van der Waals surface area contributed by atoms with Crippen molar-refractivity contribution in [2.24, 2.45) is 0 Å². The van der Waals surface area contributed by atoms with Crippen molar-refractivity contribution >= 4 is 0 Å². The molecular weight excluding hydrogens is 208 g/mol. The minimum atomic E-state index is 0.856. The van der Waals surface area contributed by atoms with Gasteiger partial charge in [0.15, 0.2) is 0 Å². The lowest BCUT2D eigenvalue weighted by molar-refractivity contribution is 0.151. The van der Waals surface area contributed by atoms with Gasteiger partial charge in [-0.3, -0.25) is 5.43 Å². The standard InChI is InChI=1S/C15H22N2/c1-4-10-17(11-5-1)16-12-14-6-2-3-7-15(14)13-8-9-13/h2-3,6-7,13,16H,1,4-5,8-12H2. The average molecular weight is 230 g/mol. The first-order valence-electron chi connectivity index (χ1n) is 7.00. The van der Waals surface area contributed by atoms with Crippen LogP contribution in [0.4, 0.5) is 0 Å². The third kappa shape index (κ3) is 2.88.